The van der Waals surface area contributed by atoms with E-state index in [1.807, 2.05) is 85.0 Å². The second kappa shape index (κ2) is 10.2. The van der Waals surface area contributed by atoms with Crippen LogP contribution in [0.15, 0.2) is 182 Å². The Hall–Kier alpha value is -5.94. The summed E-state index contributed by atoms with van der Waals surface area (Å²) in [5.74, 6) is 0. The van der Waals surface area contributed by atoms with Crippen LogP contribution in [0.2, 0.25) is 0 Å². The van der Waals surface area contributed by atoms with Gasteiger partial charge in [-0.3, -0.25) is 0 Å². The molecule has 3 aromatic rings. The lowest BCUT2D eigenvalue weighted by molar-refractivity contribution is 1.41. The summed E-state index contributed by atoms with van der Waals surface area (Å²) in [6, 6.07) is 28.6. The average molecular weight is 552 g/mol. The third kappa shape index (κ3) is 4.63. The van der Waals surface area contributed by atoms with Crippen molar-refractivity contribution >= 4 is 45.3 Å². The molecule has 0 atom stereocenters. The van der Waals surface area contributed by atoms with Crippen LogP contribution in [0.25, 0.3) is 16.7 Å². The number of allylic oxidation sites excluding steroid dienone is 12. The molecule has 0 saturated carbocycles. The molecule has 0 aromatic heterocycles. The van der Waals surface area contributed by atoms with Crippen LogP contribution in [-0.4, -0.2) is 22.8 Å². The van der Waals surface area contributed by atoms with E-state index in [0.29, 0.717) is 5.69 Å². The van der Waals surface area contributed by atoms with Gasteiger partial charge in [-0.25, -0.2) is 20.0 Å². The molecule has 0 spiro atoms. The Morgan fingerprint density at radius 3 is 1.91 bits per heavy atom. The van der Waals surface area contributed by atoms with Crippen LogP contribution in [-0.2, 0) is 0 Å². The van der Waals surface area contributed by atoms with Crippen LogP contribution in [0, 0.1) is 0 Å². The minimum absolute atomic E-state index is 0.699. The molecule has 2 N–H and O–H groups in total. The van der Waals surface area contributed by atoms with Gasteiger partial charge in [0.05, 0.1) is 45.6 Å². The van der Waals surface area contributed by atoms with Gasteiger partial charge in [0.25, 0.3) is 0 Å². The number of hydrogen-bond acceptors (Lipinski definition) is 5. The lowest BCUT2D eigenvalue weighted by Crippen LogP contribution is -2.06. The Labute approximate surface area is 249 Å². The first-order valence-electron chi connectivity index (χ1n) is 14.2. The molecule has 202 valence electrons. The van der Waals surface area contributed by atoms with Gasteiger partial charge in [0.2, 0.25) is 0 Å². The van der Waals surface area contributed by atoms with Crippen molar-refractivity contribution in [3.8, 4) is 0 Å². The van der Waals surface area contributed by atoms with Gasteiger partial charge < -0.3 is 5.73 Å². The Morgan fingerprint density at radius 2 is 1.12 bits per heavy atom. The summed E-state index contributed by atoms with van der Waals surface area (Å²) in [5, 5.41) is 0. The van der Waals surface area contributed by atoms with E-state index < -0.39 is 0 Å². The normalized spacial score (nSPS) is 18.4. The monoisotopic (exact) mass is 551 g/mol. The number of benzene rings is 3. The fourth-order valence-corrected chi connectivity index (χ4v) is 5.77. The van der Waals surface area contributed by atoms with Gasteiger partial charge in [-0.2, -0.15) is 0 Å². The number of aliphatic imine (C=N–C) groups is 4. The minimum atomic E-state index is 0.699. The quantitative estimate of drug-likeness (QED) is 0.332. The third-order valence-corrected chi connectivity index (χ3v) is 7.69. The van der Waals surface area contributed by atoms with Crippen molar-refractivity contribution in [2.45, 2.75) is 0 Å². The Bertz CT molecular complexity index is 2090. The summed E-state index contributed by atoms with van der Waals surface area (Å²) in [6.45, 7) is 0. The van der Waals surface area contributed by atoms with Gasteiger partial charge in [-0.05, 0) is 83.5 Å². The fraction of sp³-hybridized carbons (Fsp3) is 0. The highest BCUT2D eigenvalue weighted by atomic mass is 14.9. The van der Waals surface area contributed by atoms with Gasteiger partial charge in [0, 0.05) is 22.4 Å². The molecule has 5 heteroatoms. The molecule has 0 aliphatic carbocycles. The first-order valence-corrected chi connectivity index (χ1v) is 14.2. The number of fused-ring (bicyclic) bond motifs is 4. The maximum atomic E-state index is 6.25. The van der Waals surface area contributed by atoms with E-state index in [-0.39, 0.29) is 0 Å². The smallest absolute Gasteiger partial charge is 0.0816 e. The zero-order valence-corrected chi connectivity index (χ0v) is 23.1. The highest BCUT2D eigenvalue weighted by Gasteiger charge is 2.27. The summed E-state index contributed by atoms with van der Waals surface area (Å²) >= 11 is 0. The molecule has 5 aliphatic rings. The number of nitrogen functional groups attached to an aromatic ring is 1. The molecule has 0 amide bonds. The number of nitrogens with two attached hydrogens (primary N) is 1. The maximum absolute atomic E-state index is 6.25. The Morgan fingerprint density at radius 1 is 0.465 bits per heavy atom. The molecule has 8 bridgehead atoms. The van der Waals surface area contributed by atoms with E-state index in [0.717, 1.165) is 79.0 Å². The standard InChI is InChI=1S/C38H25N5/c39-27-13-7-12-26(20-27)32-23-31-22-29-15-14-28(40-29)21-30-16-17-33(41-30)36(24-8-3-1-4-9-24)34-18-19-35(43-34)37(38(32)42-31)25-10-5-2-6-11-25/h1-23H,39H2. The molecule has 0 radical (unpaired) electrons. The second-order valence-corrected chi connectivity index (χ2v) is 10.6. The molecule has 0 unspecified atom stereocenters. The SMILES string of the molecule is Nc1cccc(C2=CC3=CC4=NC(=CC5=NC(=C(c6ccccc6)C6=NC(=C(c7ccccc7)C2=N3)C=C6)C=C5)C=C4)c1. The van der Waals surface area contributed by atoms with Crippen molar-refractivity contribution in [1.29, 1.82) is 0 Å². The molecule has 5 aliphatic heterocycles. The number of rotatable bonds is 3. The van der Waals surface area contributed by atoms with Gasteiger partial charge >= 0.3 is 0 Å². The van der Waals surface area contributed by atoms with Crippen LogP contribution < -0.4 is 5.73 Å². The highest BCUT2D eigenvalue weighted by Crippen LogP contribution is 2.38. The zero-order chi connectivity index (χ0) is 28.8. The van der Waals surface area contributed by atoms with E-state index in [9.17, 15) is 0 Å². The van der Waals surface area contributed by atoms with Gasteiger partial charge in [-0.15, -0.1) is 0 Å². The second-order valence-electron chi connectivity index (χ2n) is 10.6. The van der Waals surface area contributed by atoms with Gasteiger partial charge in [0.15, 0.2) is 0 Å². The lowest BCUT2D eigenvalue weighted by Gasteiger charge is -2.14. The molecule has 3 aromatic carbocycles. The molecule has 5 nitrogen and oxygen atoms in total. The summed E-state index contributed by atoms with van der Waals surface area (Å²) in [5.41, 5.74) is 19.7. The maximum Gasteiger partial charge on any atom is 0.0816 e. The Kier molecular flexibility index (Phi) is 5.86. The van der Waals surface area contributed by atoms with Crippen LogP contribution >= 0.6 is 0 Å². The molecule has 8 rings (SSSR count). The number of nitrogens with zero attached hydrogens (tertiary/aromatic N) is 4. The van der Waals surface area contributed by atoms with Gasteiger partial charge in [0.1, 0.15) is 0 Å². The summed E-state index contributed by atoms with van der Waals surface area (Å²) in [7, 11) is 0. The molecule has 43 heavy (non-hydrogen) atoms. The van der Waals surface area contributed by atoms with Crippen molar-refractivity contribution in [1.82, 2.24) is 0 Å². The first kappa shape index (κ1) is 24.8. The molecule has 5 heterocycles. The molecule has 0 saturated heterocycles. The molecular formula is C38H25N5. The van der Waals surface area contributed by atoms with E-state index in [1.165, 1.54) is 0 Å². The number of anilines is 1. The van der Waals surface area contributed by atoms with Crippen LogP contribution in [0.3, 0.4) is 0 Å². The first-order chi connectivity index (χ1) is 21.2. The van der Waals surface area contributed by atoms with E-state index in [1.54, 1.807) is 0 Å². The third-order valence-electron chi connectivity index (χ3n) is 7.69. The summed E-state index contributed by atoms with van der Waals surface area (Å²) in [4.78, 5) is 20.3. The summed E-state index contributed by atoms with van der Waals surface area (Å²) < 4.78 is 0. The van der Waals surface area contributed by atoms with Crippen LogP contribution in [0.5, 0.6) is 0 Å². The molecule has 0 fully saturated rings. The van der Waals surface area contributed by atoms with Crippen molar-refractivity contribution in [3.05, 3.63) is 179 Å². The largest absolute Gasteiger partial charge is 0.399 e. The average Bonchev–Trinajstić information content (AvgIpc) is 3.84. The fourth-order valence-electron chi connectivity index (χ4n) is 5.77. The number of hydrogen-bond donors (Lipinski definition) is 1. The topological polar surface area (TPSA) is 75.5 Å². The van der Waals surface area contributed by atoms with Crippen LogP contribution in [0.4, 0.5) is 5.69 Å². The van der Waals surface area contributed by atoms with E-state index in [4.69, 9.17) is 25.7 Å². The Balaban J connectivity index is 1.43. The van der Waals surface area contributed by atoms with Crippen molar-refractivity contribution in [3.63, 3.8) is 0 Å². The highest BCUT2D eigenvalue weighted by molar-refractivity contribution is 6.48. The van der Waals surface area contributed by atoms with Gasteiger partial charge in [-0.1, -0.05) is 72.8 Å². The molecular weight excluding hydrogens is 526 g/mol. The predicted octanol–water partition coefficient (Wildman–Crippen LogP) is 7.74. The summed E-state index contributed by atoms with van der Waals surface area (Å²) in [6.07, 6.45) is 18.4. The van der Waals surface area contributed by atoms with Crippen molar-refractivity contribution < 1.29 is 0 Å². The minimum Gasteiger partial charge on any atom is -0.399 e. The van der Waals surface area contributed by atoms with E-state index in [2.05, 4.69) is 54.6 Å². The van der Waals surface area contributed by atoms with Crippen molar-refractivity contribution in [2.75, 3.05) is 5.73 Å². The zero-order valence-electron chi connectivity index (χ0n) is 23.1. The van der Waals surface area contributed by atoms with E-state index >= 15 is 0 Å². The predicted molar refractivity (Wildman–Crippen MR) is 179 cm³/mol. The van der Waals surface area contributed by atoms with Crippen LogP contribution in [0.1, 0.15) is 16.7 Å². The lowest BCUT2D eigenvalue weighted by atomic mass is 9.91. The van der Waals surface area contributed by atoms with Crippen molar-refractivity contribution in [2.24, 2.45) is 20.0 Å².